The molecule has 2 aromatic carbocycles. The molecule has 2 rings (SSSR count). The van der Waals surface area contributed by atoms with E-state index in [1.54, 1.807) is 19.1 Å². The van der Waals surface area contributed by atoms with Gasteiger partial charge in [-0.15, -0.1) is 0 Å². The van der Waals surface area contributed by atoms with E-state index in [4.69, 9.17) is 10.5 Å². The molecule has 0 aliphatic carbocycles. The molecule has 0 spiro atoms. The van der Waals surface area contributed by atoms with Crippen molar-refractivity contribution in [1.82, 2.24) is 10.2 Å². The van der Waals surface area contributed by atoms with E-state index in [2.05, 4.69) is 19.2 Å². The van der Waals surface area contributed by atoms with Gasteiger partial charge in [-0.05, 0) is 68.4 Å². The number of carbonyl (C=O) groups excluding carboxylic acids is 2. The van der Waals surface area contributed by atoms with Crippen molar-refractivity contribution >= 4 is 21.8 Å². The van der Waals surface area contributed by atoms with Crippen molar-refractivity contribution in [3.63, 3.8) is 0 Å². The van der Waals surface area contributed by atoms with Gasteiger partial charge in [-0.25, -0.2) is 22.0 Å². The minimum atomic E-state index is -2.81. The molecule has 0 radical (unpaired) electrons. The average molecular weight is 710 g/mol. The normalized spacial score (nSPS) is 13.4. The smallest absolute Gasteiger partial charge is 0.408 e. The van der Waals surface area contributed by atoms with E-state index >= 15 is 0 Å². The predicted molar refractivity (Wildman–Crippen MR) is 192 cm³/mol. The van der Waals surface area contributed by atoms with E-state index in [9.17, 15) is 31.9 Å². The van der Waals surface area contributed by atoms with Crippen molar-refractivity contribution in [3.05, 3.63) is 82.9 Å². The number of aryl methyl sites for hydroxylation is 1. The number of nitrogens with two attached hydrogens (primary N) is 1. The van der Waals surface area contributed by atoms with Gasteiger partial charge in [0.1, 0.15) is 34.1 Å². The predicted octanol–water partition coefficient (Wildman–Crippen LogP) is 6.26. The van der Waals surface area contributed by atoms with Gasteiger partial charge < -0.3 is 25.8 Å². The summed E-state index contributed by atoms with van der Waals surface area (Å²) in [5.41, 5.74) is 8.36. The first-order valence-corrected chi connectivity index (χ1v) is 19.1. The Labute approximate surface area is 292 Å². The zero-order chi connectivity index (χ0) is 37.0. The summed E-state index contributed by atoms with van der Waals surface area (Å²) < 4.78 is 54.8. The number of sulfone groups is 1. The molecule has 276 valence electrons. The molecule has 0 unspecified atom stereocenters. The number of halogens is 2. The summed E-state index contributed by atoms with van der Waals surface area (Å²) in [6, 6.07) is 8.93. The molecular weight excluding hydrogens is 652 g/mol. The number of rotatable bonds is 19. The second kappa shape index (κ2) is 23.1. The molecule has 2 amide bonds. The molecule has 0 fully saturated rings. The van der Waals surface area contributed by atoms with E-state index in [0.717, 1.165) is 74.3 Å². The third-order valence-electron chi connectivity index (χ3n) is 8.00. The Balaban J connectivity index is 0.000000779. The molecule has 0 aliphatic rings. The third-order valence-corrected chi connectivity index (χ3v) is 9.68. The van der Waals surface area contributed by atoms with Crippen LogP contribution in [0.3, 0.4) is 0 Å². The van der Waals surface area contributed by atoms with Crippen LogP contribution in [0.1, 0.15) is 89.8 Å². The van der Waals surface area contributed by atoms with Crippen LogP contribution in [0.5, 0.6) is 0 Å². The van der Waals surface area contributed by atoms with E-state index < -0.39 is 51.7 Å². The van der Waals surface area contributed by atoms with Gasteiger partial charge in [0.05, 0.1) is 11.4 Å². The van der Waals surface area contributed by atoms with Gasteiger partial charge in [-0.2, -0.15) is 0 Å². The Morgan fingerprint density at radius 3 is 2.12 bits per heavy atom. The summed E-state index contributed by atoms with van der Waals surface area (Å²) in [5.74, 6) is -1.91. The highest BCUT2D eigenvalue weighted by molar-refractivity contribution is 7.91. The highest BCUT2D eigenvalue weighted by Gasteiger charge is 2.27. The number of nitrogens with one attached hydrogen (secondary N) is 1. The van der Waals surface area contributed by atoms with Gasteiger partial charge >= 0.3 is 6.09 Å². The summed E-state index contributed by atoms with van der Waals surface area (Å²) in [7, 11) is -2.81. The Morgan fingerprint density at radius 1 is 1.00 bits per heavy atom. The highest BCUT2D eigenvalue weighted by Crippen LogP contribution is 2.17. The SMILES string of the molecule is C/C=C/COC(=O)N[C@H](C)C(=O)N(Cc1cccc(CC)c1)C[C@@H](O)[C@@H](N)Cc1cc(F)cc(F)c1.CCCCC(CCCC)S(C)(=O)=O. The number of unbranched alkanes of at least 4 members (excludes halogenated alkanes) is 2. The molecule has 0 saturated carbocycles. The number of aliphatic hydroxyl groups is 1. The van der Waals surface area contributed by atoms with E-state index in [1.165, 1.54) is 18.1 Å². The number of ether oxygens (including phenoxy) is 1. The Hall–Kier alpha value is -3.35. The van der Waals surface area contributed by atoms with Crippen molar-refractivity contribution in [1.29, 1.82) is 0 Å². The number of allylic oxidation sites excluding steroid dienone is 1. The quantitative estimate of drug-likeness (QED) is 0.147. The molecule has 0 bridgehead atoms. The molecule has 12 heteroatoms. The molecule has 49 heavy (non-hydrogen) atoms. The fourth-order valence-corrected chi connectivity index (χ4v) is 6.30. The minimum Gasteiger partial charge on any atom is -0.445 e. The maximum Gasteiger partial charge on any atom is 0.408 e. The number of hydrogen-bond acceptors (Lipinski definition) is 7. The lowest BCUT2D eigenvalue weighted by Crippen LogP contribution is -2.51. The number of amides is 2. The van der Waals surface area contributed by atoms with Crippen LogP contribution in [0.4, 0.5) is 13.6 Å². The average Bonchev–Trinajstić information content (AvgIpc) is 3.03. The fraction of sp³-hybridized carbons (Fsp3) is 0.568. The molecular formula is C37H57F2N3O6S. The van der Waals surface area contributed by atoms with Gasteiger partial charge in [0.15, 0.2) is 0 Å². The highest BCUT2D eigenvalue weighted by atomic mass is 32.2. The molecule has 0 saturated heterocycles. The minimum absolute atomic E-state index is 0.00821. The summed E-state index contributed by atoms with van der Waals surface area (Å²) >= 11 is 0. The van der Waals surface area contributed by atoms with Crippen LogP contribution in [0.25, 0.3) is 0 Å². The lowest BCUT2D eigenvalue weighted by atomic mass is 10.0. The lowest BCUT2D eigenvalue weighted by Gasteiger charge is -2.30. The topological polar surface area (TPSA) is 139 Å². The number of carbonyl (C=O) groups is 2. The molecule has 2 aromatic rings. The molecule has 3 atom stereocenters. The summed E-state index contributed by atoms with van der Waals surface area (Å²) in [6.45, 7) is 9.63. The van der Waals surface area contributed by atoms with Crippen molar-refractivity contribution < 1.29 is 36.6 Å². The number of alkyl carbamates (subject to hydrolysis) is 1. The first-order valence-electron chi connectivity index (χ1n) is 17.1. The van der Waals surface area contributed by atoms with Crippen LogP contribution in [0.15, 0.2) is 54.6 Å². The first-order chi connectivity index (χ1) is 23.1. The molecule has 0 heterocycles. The van der Waals surface area contributed by atoms with Gasteiger partial charge in [0, 0.05) is 31.5 Å². The number of nitrogens with zero attached hydrogens (tertiary/aromatic N) is 1. The van der Waals surface area contributed by atoms with Crippen LogP contribution >= 0.6 is 0 Å². The Bertz CT molecular complexity index is 1390. The van der Waals surface area contributed by atoms with Crippen molar-refractivity contribution in [2.75, 3.05) is 19.4 Å². The van der Waals surface area contributed by atoms with Crippen molar-refractivity contribution in [2.45, 2.75) is 116 Å². The number of hydrogen-bond donors (Lipinski definition) is 3. The summed E-state index contributed by atoms with van der Waals surface area (Å²) in [6.07, 6.45) is 9.55. The van der Waals surface area contributed by atoms with Crippen LogP contribution in [0.2, 0.25) is 0 Å². The van der Waals surface area contributed by atoms with Gasteiger partial charge in [-0.1, -0.05) is 82.9 Å². The Morgan fingerprint density at radius 2 is 1.59 bits per heavy atom. The molecule has 0 aromatic heterocycles. The van der Waals surface area contributed by atoms with E-state index in [-0.39, 0.29) is 31.4 Å². The van der Waals surface area contributed by atoms with E-state index in [1.807, 2.05) is 31.2 Å². The number of aliphatic hydroxyl groups excluding tert-OH is 1. The zero-order valence-corrected chi connectivity index (χ0v) is 30.8. The largest absolute Gasteiger partial charge is 0.445 e. The van der Waals surface area contributed by atoms with Crippen molar-refractivity contribution in [2.24, 2.45) is 5.73 Å². The van der Waals surface area contributed by atoms with Crippen molar-refractivity contribution in [3.8, 4) is 0 Å². The van der Waals surface area contributed by atoms with Crippen LogP contribution in [0, 0.1) is 11.6 Å². The monoisotopic (exact) mass is 709 g/mol. The number of benzene rings is 2. The van der Waals surface area contributed by atoms with E-state index in [0.29, 0.717) is 5.56 Å². The summed E-state index contributed by atoms with van der Waals surface area (Å²) in [4.78, 5) is 26.7. The second-order valence-corrected chi connectivity index (χ2v) is 14.7. The second-order valence-electron chi connectivity index (χ2n) is 12.4. The lowest BCUT2D eigenvalue weighted by molar-refractivity contribution is -0.135. The fourth-order valence-electron chi connectivity index (χ4n) is 5.11. The molecule has 0 aliphatic heterocycles. The zero-order valence-electron chi connectivity index (χ0n) is 30.0. The first kappa shape index (κ1) is 43.7. The molecule has 9 nitrogen and oxygen atoms in total. The van der Waals surface area contributed by atoms with Gasteiger partial charge in [0.25, 0.3) is 0 Å². The van der Waals surface area contributed by atoms with Gasteiger partial charge in [0.2, 0.25) is 5.91 Å². The molecule has 4 N–H and O–H groups in total. The summed E-state index contributed by atoms with van der Waals surface area (Å²) in [5, 5.41) is 13.2. The maximum absolute atomic E-state index is 13.5. The van der Waals surface area contributed by atoms with Crippen LogP contribution < -0.4 is 11.1 Å². The van der Waals surface area contributed by atoms with Gasteiger partial charge in [-0.3, -0.25) is 4.79 Å². The maximum atomic E-state index is 13.5. The standard InChI is InChI=1S/C27H35F2N3O4.C10H22O2S/c1-4-6-10-36-27(35)31-18(3)26(34)32(16-20-9-7-8-19(5-2)11-20)17-25(33)24(30)14-21-12-22(28)15-23(29)13-21;1-4-6-8-10(9-7-5-2)13(3,11)12/h4,6-9,11-13,15,18,24-25,33H,5,10,14,16-17,30H2,1-3H3,(H,31,35);10H,4-9H2,1-3H3/b6-4+;/t18-,24+,25-;/m1./s1. The van der Waals surface area contributed by atoms with Crippen LogP contribution in [-0.2, 0) is 38.8 Å². The van der Waals surface area contributed by atoms with Crippen LogP contribution in [-0.4, -0.2) is 73.3 Å². The Kier molecular flexibility index (Phi) is 20.6. The third kappa shape index (κ3) is 17.7.